The molecule has 0 spiro atoms. The van der Waals surface area contributed by atoms with Crippen molar-refractivity contribution < 1.29 is 13.9 Å². The molecule has 1 N–H and O–H groups in total. The molecule has 0 aliphatic rings. The van der Waals surface area contributed by atoms with E-state index in [9.17, 15) is 9.18 Å². The molecule has 1 amide bonds. The average Bonchev–Trinajstić information content (AvgIpc) is 3.12. The van der Waals surface area contributed by atoms with Gasteiger partial charge in [0.1, 0.15) is 11.6 Å². The normalized spacial score (nSPS) is 10.6. The van der Waals surface area contributed by atoms with Gasteiger partial charge in [0.2, 0.25) is 5.91 Å². The highest BCUT2D eigenvalue weighted by Gasteiger charge is 2.12. The molecular formula is C19H17ClFN3O2. The lowest BCUT2D eigenvalue weighted by Gasteiger charge is -2.07. The van der Waals surface area contributed by atoms with E-state index < -0.39 is 5.82 Å². The molecule has 0 fully saturated rings. The van der Waals surface area contributed by atoms with E-state index in [1.54, 1.807) is 30.1 Å². The van der Waals surface area contributed by atoms with Gasteiger partial charge in [-0.3, -0.25) is 4.79 Å². The number of ether oxygens (including phenoxy) is 1. The number of benzene rings is 2. The minimum absolute atomic E-state index is 0.120. The van der Waals surface area contributed by atoms with Crippen LogP contribution in [0.5, 0.6) is 5.75 Å². The predicted molar refractivity (Wildman–Crippen MR) is 97.1 cm³/mol. The van der Waals surface area contributed by atoms with Gasteiger partial charge in [0.25, 0.3) is 0 Å². The molecular weight excluding hydrogens is 357 g/mol. The van der Waals surface area contributed by atoms with Crippen LogP contribution in [0.15, 0.2) is 54.7 Å². The summed E-state index contributed by atoms with van der Waals surface area (Å²) in [6.45, 7) is 0.244. The van der Waals surface area contributed by atoms with Crippen LogP contribution in [-0.4, -0.2) is 22.8 Å². The molecule has 0 radical (unpaired) electrons. The third-order valence-electron chi connectivity index (χ3n) is 3.85. The Bertz CT molecular complexity index is 889. The van der Waals surface area contributed by atoms with E-state index in [0.29, 0.717) is 5.69 Å². The van der Waals surface area contributed by atoms with E-state index in [-0.39, 0.29) is 29.5 Å². The molecule has 3 rings (SSSR count). The molecule has 0 saturated carbocycles. The summed E-state index contributed by atoms with van der Waals surface area (Å²) in [5, 5.41) is 7.38. The quantitative estimate of drug-likeness (QED) is 0.719. The van der Waals surface area contributed by atoms with Crippen molar-refractivity contribution in [2.45, 2.75) is 13.0 Å². The van der Waals surface area contributed by atoms with Gasteiger partial charge < -0.3 is 10.1 Å². The third kappa shape index (κ3) is 4.21. The molecule has 0 atom stereocenters. The van der Waals surface area contributed by atoms with Crippen molar-refractivity contribution in [3.8, 4) is 11.4 Å². The van der Waals surface area contributed by atoms with Crippen molar-refractivity contribution in [2.75, 3.05) is 7.11 Å². The maximum atomic E-state index is 13.7. The summed E-state index contributed by atoms with van der Waals surface area (Å²) in [6.07, 6.45) is 1.68. The van der Waals surface area contributed by atoms with E-state index in [0.717, 1.165) is 11.4 Å². The molecule has 1 heterocycles. The number of carbonyl (C=O) groups is 1. The number of hydrogen-bond acceptors (Lipinski definition) is 3. The Kier molecular flexibility index (Phi) is 5.53. The summed E-state index contributed by atoms with van der Waals surface area (Å²) in [5.41, 5.74) is 1.76. The first kappa shape index (κ1) is 17.9. The fourth-order valence-corrected chi connectivity index (χ4v) is 2.68. The van der Waals surface area contributed by atoms with E-state index in [1.807, 2.05) is 24.3 Å². The smallest absolute Gasteiger partial charge is 0.224 e. The number of halogens is 2. The van der Waals surface area contributed by atoms with Crippen molar-refractivity contribution >= 4 is 17.5 Å². The Morgan fingerprint density at radius 3 is 2.69 bits per heavy atom. The molecule has 7 heteroatoms. The summed E-state index contributed by atoms with van der Waals surface area (Å²) in [4.78, 5) is 12.1. The van der Waals surface area contributed by atoms with Gasteiger partial charge in [0.05, 0.1) is 31.5 Å². The van der Waals surface area contributed by atoms with Gasteiger partial charge in [0, 0.05) is 16.8 Å². The Morgan fingerprint density at radius 2 is 2.00 bits per heavy atom. The van der Waals surface area contributed by atoms with Gasteiger partial charge in [-0.15, -0.1) is 0 Å². The van der Waals surface area contributed by atoms with Gasteiger partial charge in [0.15, 0.2) is 0 Å². The van der Waals surface area contributed by atoms with Crippen molar-refractivity contribution in [3.63, 3.8) is 0 Å². The summed E-state index contributed by atoms with van der Waals surface area (Å²) >= 11 is 5.94. The van der Waals surface area contributed by atoms with Gasteiger partial charge in [-0.1, -0.05) is 17.7 Å². The maximum absolute atomic E-state index is 13.7. The molecule has 5 nitrogen and oxygen atoms in total. The molecule has 0 bridgehead atoms. The Hall–Kier alpha value is -2.86. The number of rotatable bonds is 6. The highest BCUT2D eigenvalue weighted by atomic mass is 35.5. The topological polar surface area (TPSA) is 56.1 Å². The van der Waals surface area contributed by atoms with Gasteiger partial charge >= 0.3 is 0 Å². The van der Waals surface area contributed by atoms with Crippen LogP contribution in [-0.2, 0) is 17.8 Å². The third-order valence-corrected chi connectivity index (χ3v) is 4.20. The SMILES string of the molecule is COc1ccc(-n2ccc(CNC(=O)Cc3c(F)cccc3Cl)n2)cc1. The number of nitrogens with one attached hydrogen (secondary N) is 1. The molecule has 0 saturated heterocycles. The van der Waals surface area contributed by atoms with E-state index in [4.69, 9.17) is 16.3 Å². The zero-order chi connectivity index (χ0) is 18.5. The van der Waals surface area contributed by atoms with Gasteiger partial charge in [-0.05, 0) is 42.5 Å². The summed E-state index contributed by atoms with van der Waals surface area (Å²) < 4.78 is 20.6. The lowest BCUT2D eigenvalue weighted by atomic mass is 10.1. The van der Waals surface area contributed by atoms with Crippen molar-refractivity contribution in [1.82, 2.24) is 15.1 Å². The number of carbonyl (C=O) groups excluding carboxylic acids is 1. The molecule has 0 aliphatic carbocycles. The van der Waals surface area contributed by atoms with Crippen LogP contribution in [0, 0.1) is 5.82 Å². The number of methoxy groups -OCH3 is 1. The Morgan fingerprint density at radius 1 is 1.23 bits per heavy atom. The van der Waals surface area contributed by atoms with Crippen molar-refractivity contribution in [2.24, 2.45) is 0 Å². The summed E-state index contributed by atoms with van der Waals surface area (Å²) in [5.74, 6) is -0.0485. The highest BCUT2D eigenvalue weighted by molar-refractivity contribution is 6.31. The lowest BCUT2D eigenvalue weighted by Crippen LogP contribution is -2.25. The Labute approximate surface area is 155 Å². The first-order chi connectivity index (χ1) is 12.6. The first-order valence-corrected chi connectivity index (χ1v) is 8.33. The summed E-state index contributed by atoms with van der Waals surface area (Å²) in [7, 11) is 1.61. The molecule has 0 unspecified atom stereocenters. The minimum Gasteiger partial charge on any atom is -0.497 e. The van der Waals surface area contributed by atoms with Crippen LogP contribution in [0.25, 0.3) is 5.69 Å². The standard InChI is InChI=1S/C19H17ClFN3O2/c1-26-15-7-5-14(6-8-15)24-10-9-13(23-24)12-22-19(25)11-16-17(20)3-2-4-18(16)21/h2-10H,11-12H2,1H3,(H,22,25). The second-order valence-corrected chi connectivity index (χ2v) is 6.01. The average molecular weight is 374 g/mol. The van der Waals surface area contributed by atoms with Crippen molar-refractivity contribution in [3.05, 3.63) is 76.8 Å². The monoisotopic (exact) mass is 373 g/mol. The first-order valence-electron chi connectivity index (χ1n) is 7.95. The maximum Gasteiger partial charge on any atom is 0.224 e. The highest BCUT2D eigenvalue weighted by Crippen LogP contribution is 2.19. The van der Waals surface area contributed by atoms with Crippen LogP contribution in [0.3, 0.4) is 0 Å². The second-order valence-electron chi connectivity index (χ2n) is 5.60. The zero-order valence-corrected chi connectivity index (χ0v) is 14.8. The van der Waals surface area contributed by atoms with Crippen LogP contribution in [0.2, 0.25) is 5.02 Å². The van der Waals surface area contributed by atoms with Crippen LogP contribution in [0.1, 0.15) is 11.3 Å². The summed E-state index contributed by atoms with van der Waals surface area (Å²) in [6, 6.07) is 13.6. The number of aromatic nitrogens is 2. The molecule has 1 aromatic heterocycles. The van der Waals surface area contributed by atoms with Crippen LogP contribution >= 0.6 is 11.6 Å². The predicted octanol–water partition coefficient (Wildman–Crippen LogP) is 3.53. The lowest BCUT2D eigenvalue weighted by molar-refractivity contribution is -0.120. The van der Waals surface area contributed by atoms with Crippen LogP contribution < -0.4 is 10.1 Å². The number of nitrogens with zero attached hydrogens (tertiary/aromatic N) is 2. The minimum atomic E-state index is -0.489. The van der Waals surface area contributed by atoms with Gasteiger partial charge in [-0.25, -0.2) is 9.07 Å². The molecule has 0 aliphatic heterocycles. The van der Waals surface area contributed by atoms with E-state index >= 15 is 0 Å². The van der Waals surface area contributed by atoms with Crippen LogP contribution in [0.4, 0.5) is 4.39 Å². The molecule has 26 heavy (non-hydrogen) atoms. The Balaban J connectivity index is 1.60. The van der Waals surface area contributed by atoms with Crippen molar-refractivity contribution in [1.29, 1.82) is 0 Å². The fraction of sp³-hybridized carbons (Fsp3) is 0.158. The second kappa shape index (κ2) is 8.01. The molecule has 3 aromatic rings. The van der Waals surface area contributed by atoms with Gasteiger partial charge in [-0.2, -0.15) is 5.10 Å². The van der Waals surface area contributed by atoms with E-state index in [2.05, 4.69) is 10.4 Å². The molecule has 134 valence electrons. The zero-order valence-electron chi connectivity index (χ0n) is 14.1. The largest absolute Gasteiger partial charge is 0.497 e. The number of hydrogen-bond donors (Lipinski definition) is 1. The molecule has 2 aromatic carbocycles. The fourth-order valence-electron chi connectivity index (χ4n) is 2.45. The number of amides is 1. The van der Waals surface area contributed by atoms with E-state index in [1.165, 1.54) is 12.1 Å².